The maximum absolute atomic E-state index is 12.8. The highest BCUT2D eigenvalue weighted by Gasteiger charge is 2.27. The zero-order chi connectivity index (χ0) is 18.2. The Labute approximate surface area is 146 Å². The summed E-state index contributed by atoms with van der Waals surface area (Å²) < 4.78 is 41.2. The molecule has 2 aromatic rings. The second-order valence-electron chi connectivity index (χ2n) is 5.72. The zero-order valence-electron chi connectivity index (χ0n) is 14.2. The standard InChI is InChI=1S/C18H18O6S/c1-11-9-16(22-2)17(23-3)10-18(11)25(20,21)24-15-6-4-5-12-13(15)7-8-14(12)19/h4-6,9-10H,7-8H2,1-3H3. The Hall–Kier alpha value is -2.54. The first kappa shape index (κ1) is 17.3. The van der Waals surface area contributed by atoms with Gasteiger partial charge in [0.25, 0.3) is 0 Å². The van der Waals surface area contributed by atoms with Crippen molar-refractivity contribution in [2.75, 3.05) is 14.2 Å². The number of carbonyl (C=O) groups excluding carboxylic acids is 1. The van der Waals surface area contributed by atoms with Crippen molar-refractivity contribution in [2.45, 2.75) is 24.7 Å². The fourth-order valence-corrected chi connectivity index (χ4v) is 4.12. The molecule has 0 atom stereocenters. The molecule has 3 rings (SSSR count). The average Bonchev–Trinajstić information content (AvgIpc) is 2.96. The van der Waals surface area contributed by atoms with Gasteiger partial charge < -0.3 is 13.7 Å². The third-order valence-electron chi connectivity index (χ3n) is 4.19. The molecule has 0 fully saturated rings. The molecule has 0 saturated heterocycles. The van der Waals surface area contributed by atoms with Crippen LogP contribution in [0.4, 0.5) is 0 Å². The molecule has 1 aliphatic carbocycles. The van der Waals surface area contributed by atoms with Crippen molar-refractivity contribution < 1.29 is 26.9 Å². The number of ether oxygens (including phenoxy) is 2. The molecular formula is C18H18O6S. The molecule has 6 nitrogen and oxygen atoms in total. The number of hydrogen-bond donors (Lipinski definition) is 0. The Bertz CT molecular complexity index is 946. The highest BCUT2D eigenvalue weighted by Crippen LogP contribution is 2.36. The summed E-state index contributed by atoms with van der Waals surface area (Å²) in [5.41, 5.74) is 1.63. The van der Waals surface area contributed by atoms with Crippen LogP contribution in [0.5, 0.6) is 17.2 Å². The van der Waals surface area contributed by atoms with Crippen LogP contribution in [0.3, 0.4) is 0 Å². The van der Waals surface area contributed by atoms with E-state index in [2.05, 4.69) is 0 Å². The largest absolute Gasteiger partial charge is 0.493 e. The molecule has 0 amide bonds. The van der Waals surface area contributed by atoms with Crippen molar-refractivity contribution >= 4 is 15.9 Å². The van der Waals surface area contributed by atoms with Gasteiger partial charge in [0.15, 0.2) is 17.3 Å². The van der Waals surface area contributed by atoms with Gasteiger partial charge in [-0.15, -0.1) is 0 Å². The van der Waals surface area contributed by atoms with Crippen LogP contribution in [-0.4, -0.2) is 28.4 Å². The van der Waals surface area contributed by atoms with Crippen LogP contribution in [0.25, 0.3) is 0 Å². The van der Waals surface area contributed by atoms with Crippen LogP contribution in [0.15, 0.2) is 35.2 Å². The molecule has 0 aliphatic heterocycles. The first-order valence-electron chi connectivity index (χ1n) is 7.69. The highest BCUT2D eigenvalue weighted by molar-refractivity contribution is 7.87. The number of methoxy groups -OCH3 is 2. The van der Waals surface area contributed by atoms with E-state index in [1.54, 1.807) is 31.2 Å². The molecule has 7 heteroatoms. The van der Waals surface area contributed by atoms with Gasteiger partial charge in [0.05, 0.1) is 14.2 Å². The summed E-state index contributed by atoms with van der Waals surface area (Å²) in [6, 6.07) is 7.82. The van der Waals surface area contributed by atoms with Gasteiger partial charge in [-0.25, -0.2) is 0 Å². The lowest BCUT2D eigenvalue weighted by molar-refractivity contribution is 0.0994. The van der Waals surface area contributed by atoms with E-state index in [9.17, 15) is 13.2 Å². The van der Waals surface area contributed by atoms with Gasteiger partial charge >= 0.3 is 10.1 Å². The Morgan fingerprint density at radius 1 is 0.960 bits per heavy atom. The van der Waals surface area contributed by atoms with Gasteiger partial charge in [-0.05, 0) is 31.0 Å². The molecule has 0 aromatic heterocycles. The van der Waals surface area contributed by atoms with Crippen molar-refractivity contribution in [2.24, 2.45) is 0 Å². The lowest BCUT2D eigenvalue weighted by Gasteiger charge is -2.14. The highest BCUT2D eigenvalue weighted by atomic mass is 32.2. The van der Waals surface area contributed by atoms with E-state index in [-0.39, 0.29) is 16.4 Å². The van der Waals surface area contributed by atoms with Crippen molar-refractivity contribution in [1.82, 2.24) is 0 Å². The molecule has 0 N–H and O–H groups in total. The fraction of sp³-hybridized carbons (Fsp3) is 0.278. The molecule has 0 spiro atoms. The Morgan fingerprint density at radius 2 is 1.64 bits per heavy atom. The summed E-state index contributed by atoms with van der Waals surface area (Å²) in [5.74, 6) is 0.923. The van der Waals surface area contributed by atoms with Crippen molar-refractivity contribution in [1.29, 1.82) is 0 Å². The third-order valence-corrected chi connectivity index (χ3v) is 5.56. The Kier molecular flexibility index (Phi) is 4.43. The molecule has 0 bridgehead atoms. The minimum Gasteiger partial charge on any atom is -0.493 e. The van der Waals surface area contributed by atoms with Crippen molar-refractivity contribution in [3.63, 3.8) is 0 Å². The normalized spacial score (nSPS) is 13.5. The van der Waals surface area contributed by atoms with Crippen LogP contribution in [0.2, 0.25) is 0 Å². The fourth-order valence-electron chi connectivity index (χ4n) is 2.93. The number of hydrogen-bond acceptors (Lipinski definition) is 6. The minimum atomic E-state index is -4.09. The van der Waals surface area contributed by atoms with E-state index in [1.165, 1.54) is 20.3 Å². The maximum atomic E-state index is 12.8. The number of benzene rings is 2. The zero-order valence-corrected chi connectivity index (χ0v) is 15.0. The quantitative estimate of drug-likeness (QED) is 0.761. The van der Waals surface area contributed by atoms with Gasteiger partial charge in [-0.2, -0.15) is 8.42 Å². The van der Waals surface area contributed by atoms with E-state index in [0.29, 0.717) is 41.0 Å². The summed E-state index contributed by atoms with van der Waals surface area (Å²) in [7, 11) is -1.18. The summed E-state index contributed by atoms with van der Waals surface area (Å²) in [6.07, 6.45) is 0.843. The molecule has 132 valence electrons. The number of carbonyl (C=O) groups is 1. The number of aryl methyl sites for hydroxylation is 1. The van der Waals surface area contributed by atoms with Gasteiger partial charge in [0.2, 0.25) is 0 Å². The molecule has 0 heterocycles. The smallest absolute Gasteiger partial charge is 0.339 e. The summed E-state index contributed by atoms with van der Waals surface area (Å²) in [4.78, 5) is 11.8. The predicted molar refractivity (Wildman–Crippen MR) is 91.2 cm³/mol. The lowest BCUT2D eigenvalue weighted by Crippen LogP contribution is -2.13. The van der Waals surface area contributed by atoms with Gasteiger partial charge in [-0.3, -0.25) is 4.79 Å². The number of ketones is 1. The van der Waals surface area contributed by atoms with E-state index in [0.717, 1.165) is 0 Å². The van der Waals surface area contributed by atoms with E-state index in [4.69, 9.17) is 13.7 Å². The van der Waals surface area contributed by atoms with Gasteiger partial charge in [0.1, 0.15) is 10.6 Å². The molecular weight excluding hydrogens is 344 g/mol. The van der Waals surface area contributed by atoms with Crippen molar-refractivity contribution in [3.8, 4) is 17.2 Å². The molecule has 2 aromatic carbocycles. The molecule has 25 heavy (non-hydrogen) atoms. The third kappa shape index (κ3) is 3.07. The minimum absolute atomic E-state index is 0.000134. The first-order valence-corrected chi connectivity index (χ1v) is 9.10. The molecule has 0 saturated carbocycles. The number of rotatable bonds is 5. The molecule has 0 unspecified atom stereocenters. The Balaban J connectivity index is 2.03. The van der Waals surface area contributed by atoms with E-state index < -0.39 is 10.1 Å². The van der Waals surface area contributed by atoms with Crippen molar-refractivity contribution in [3.05, 3.63) is 47.0 Å². The van der Waals surface area contributed by atoms with Crippen LogP contribution >= 0.6 is 0 Å². The average molecular weight is 362 g/mol. The first-order chi connectivity index (χ1) is 11.9. The second-order valence-corrected chi connectivity index (χ2v) is 7.23. The second kappa shape index (κ2) is 6.40. The summed E-state index contributed by atoms with van der Waals surface area (Å²) in [6.45, 7) is 1.65. The van der Waals surface area contributed by atoms with E-state index in [1.807, 2.05) is 0 Å². The Morgan fingerprint density at radius 3 is 2.32 bits per heavy atom. The SMILES string of the molecule is COc1cc(C)c(S(=O)(=O)Oc2cccc3c2CCC3=O)cc1OC. The summed E-state index contributed by atoms with van der Waals surface area (Å²) in [5, 5.41) is 0. The predicted octanol–water partition coefficient (Wildman–Crippen LogP) is 2.91. The number of Topliss-reactive ketones (excluding diaryl/α,β-unsaturated/α-hetero) is 1. The number of fused-ring (bicyclic) bond motifs is 1. The van der Waals surface area contributed by atoms with Gasteiger partial charge in [-0.1, -0.05) is 12.1 Å². The summed E-state index contributed by atoms with van der Waals surface area (Å²) >= 11 is 0. The van der Waals surface area contributed by atoms with Gasteiger partial charge in [0, 0.05) is 23.6 Å². The molecule has 0 radical (unpaired) electrons. The topological polar surface area (TPSA) is 78.9 Å². The monoisotopic (exact) mass is 362 g/mol. The van der Waals surface area contributed by atoms with Crippen LogP contribution in [0, 0.1) is 6.92 Å². The van der Waals surface area contributed by atoms with Crippen LogP contribution in [-0.2, 0) is 16.5 Å². The lowest BCUT2D eigenvalue weighted by atomic mass is 10.1. The van der Waals surface area contributed by atoms with Crippen LogP contribution < -0.4 is 13.7 Å². The maximum Gasteiger partial charge on any atom is 0.339 e. The van der Waals surface area contributed by atoms with Crippen LogP contribution in [0.1, 0.15) is 27.9 Å². The molecule has 1 aliphatic rings. The van der Waals surface area contributed by atoms with E-state index >= 15 is 0 Å².